The molecule has 1 saturated carbocycles. The SMILES string of the molecule is CN(Cc1sccc1Br)C(CN)C1CC1. The van der Waals surface area contributed by atoms with Crippen molar-refractivity contribution in [2.24, 2.45) is 11.7 Å². The van der Waals surface area contributed by atoms with Gasteiger partial charge in [0.2, 0.25) is 0 Å². The molecule has 1 fully saturated rings. The summed E-state index contributed by atoms with van der Waals surface area (Å²) in [6.45, 7) is 1.79. The van der Waals surface area contributed by atoms with Crippen LogP contribution >= 0.6 is 27.3 Å². The number of rotatable bonds is 5. The molecular formula is C11H17BrN2S. The minimum absolute atomic E-state index is 0.569. The maximum atomic E-state index is 5.83. The van der Waals surface area contributed by atoms with E-state index in [1.165, 1.54) is 22.2 Å². The molecule has 84 valence electrons. The molecule has 1 aliphatic rings. The van der Waals surface area contributed by atoms with E-state index in [0.717, 1.165) is 19.0 Å². The molecule has 1 atom stereocenters. The predicted octanol–water partition coefficient (Wildman–Crippen LogP) is 2.68. The van der Waals surface area contributed by atoms with Crippen LogP contribution in [0, 0.1) is 5.92 Å². The van der Waals surface area contributed by atoms with E-state index in [1.54, 1.807) is 0 Å². The number of halogens is 1. The number of hydrogen-bond acceptors (Lipinski definition) is 3. The van der Waals surface area contributed by atoms with Gasteiger partial charge in [-0.3, -0.25) is 4.90 Å². The van der Waals surface area contributed by atoms with Gasteiger partial charge in [0.05, 0.1) is 0 Å². The molecule has 0 radical (unpaired) electrons. The topological polar surface area (TPSA) is 29.3 Å². The highest BCUT2D eigenvalue weighted by Gasteiger charge is 2.32. The van der Waals surface area contributed by atoms with E-state index >= 15 is 0 Å². The smallest absolute Gasteiger partial charge is 0.0339 e. The molecule has 2 rings (SSSR count). The standard InChI is InChI=1S/C11H17BrN2S/c1-14(10(6-13)8-2-3-8)7-11-9(12)4-5-15-11/h4-5,8,10H,2-3,6-7,13H2,1H3. The molecule has 0 bridgehead atoms. The largest absolute Gasteiger partial charge is 0.329 e. The Balaban J connectivity index is 1.95. The Kier molecular flexibility index (Phi) is 3.83. The first-order chi connectivity index (χ1) is 7.22. The minimum Gasteiger partial charge on any atom is -0.329 e. The van der Waals surface area contributed by atoms with Gasteiger partial charge in [0, 0.05) is 28.5 Å². The molecule has 0 spiro atoms. The first kappa shape index (κ1) is 11.6. The van der Waals surface area contributed by atoms with Crippen LogP contribution in [0.25, 0.3) is 0 Å². The second kappa shape index (κ2) is 4.95. The van der Waals surface area contributed by atoms with Crippen LogP contribution in [-0.4, -0.2) is 24.5 Å². The van der Waals surface area contributed by atoms with Crippen LogP contribution in [0.3, 0.4) is 0 Å². The van der Waals surface area contributed by atoms with Crippen molar-refractivity contribution in [2.45, 2.75) is 25.4 Å². The summed E-state index contributed by atoms with van der Waals surface area (Å²) in [6.07, 6.45) is 2.72. The third-order valence-electron chi connectivity index (χ3n) is 3.06. The van der Waals surface area contributed by atoms with Crippen molar-refractivity contribution in [3.8, 4) is 0 Å². The predicted molar refractivity (Wildman–Crippen MR) is 69.1 cm³/mol. The number of nitrogens with two attached hydrogens (primary N) is 1. The number of likely N-dealkylation sites (N-methyl/N-ethyl adjacent to an activating group) is 1. The second-order valence-corrected chi connectivity index (χ2v) is 6.10. The van der Waals surface area contributed by atoms with Gasteiger partial charge in [0.25, 0.3) is 0 Å². The Morgan fingerprint density at radius 2 is 2.40 bits per heavy atom. The van der Waals surface area contributed by atoms with E-state index in [-0.39, 0.29) is 0 Å². The Morgan fingerprint density at radius 1 is 1.67 bits per heavy atom. The summed E-state index contributed by atoms with van der Waals surface area (Å²) in [6, 6.07) is 2.68. The van der Waals surface area contributed by atoms with Crippen molar-refractivity contribution >= 4 is 27.3 Å². The highest BCUT2D eigenvalue weighted by atomic mass is 79.9. The average molecular weight is 289 g/mol. The van der Waals surface area contributed by atoms with Crippen molar-refractivity contribution in [2.75, 3.05) is 13.6 Å². The van der Waals surface area contributed by atoms with Crippen molar-refractivity contribution < 1.29 is 0 Å². The average Bonchev–Trinajstić information content (AvgIpc) is 2.95. The monoisotopic (exact) mass is 288 g/mol. The lowest BCUT2D eigenvalue weighted by Crippen LogP contribution is -2.38. The lowest BCUT2D eigenvalue weighted by atomic mass is 10.1. The fourth-order valence-corrected chi connectivity index (χ4v) is 3.54. The van der Waals surface area contributed by atoms with Gasteiger partial charge in [-0.2, -0.15) is 0 Å². The van der Waals surface area contributed by atoms with Gasteiger partial charge >= 0.3 is 0 Å². The molecule has 0 aliphatic heterocycles. The van der Waals surface area contributed by atoms with Gasteiger partial charge in [-0.25, -0.2) is 0 Å². The van der Waals surface area contributed by atoms with Crippen LogP contribution in [0.15, 0.2) is 15.9 Å². The second-order valence-electron chi connectivity index (χ2n) is 4.25. The molecule has 1 unspecified atom stereocenters. The first-order valence-electron chi connectivity index (χ1n) is 5.34. The van der Waals surface area contributed by atoms with Gasteiger partial charge in [-0.1, -0.05) is 0 Å². The zero-order valence-corrected chi connectivity index (χ0v) is 11.4. The number of hydrogen-bond donors (Lipinski definition) is 1. The highest BCUT2D eigenvalue weighted by molar-refractivity contribution is 9.10. The minimum atomic E-state index is 0.569. The molecule has 1 aromatic heterocycles. The Bertz CT molecular complexity index is 322. The van der Waals surface area contributed by atoms with E-state index in [1.807, 2.05) is 11.3 Å². The zero-order chi connectivity index (χ0) is 10.8. The fourth-order valence-electron chi connectivity index (χ4n) is 1.99. The molecular weight excluding hydrogens is 272 g/mol. The molecule has 2 nitrogen and oxygen atoms in total. The molecule has 0 aromatic carbocycles. The summed E-state index contributed by atoms with van der Waals surface area (Å²) in [5.41, 5.74) is 5.83. The fraction of sp³-hybridized carbons (Fsp3) is 0.636. The summed E-state index contributed by atoms with van der Waals surface area (Å²) in [4.78, 5) is 3.80. The molecule has 15 heavy (non-hydrogen) atoms. The van der Waals surface area contributed by atoms with Crippen molar-refractivity contribution in [3.05, 3.63) is 20.8 Å². The lowest BCUT2D eigenvalue weighted by molar-refractivity contribution is 0.217. The van der Waals surface area contributed by atoms with Crippen LogP contribution in [0.4, 0.5) is 0 Å². The molecule has 1 aromatic rings. The van der Waals surface area contributed by atoms with Crippen molar-refractivity contribution in [1.29, 1.82) is 0 Å². The van der Waals surface area contributed by atoms with Crippen LogP contribution in [0.2, 0.25) is 0 Å². The van der Waals surface area contributed by atoms with Crippen molar-refractivity contribution in [1.82, 2.24) is 4.90 Å². The maximum absolute atomic E-state index is 5.83. The van der Waals surface area contributed by atoms with Gasteiger partial charge in [0.1, 0.15) is 0 Å². The van der Waals surface area contributed by atoms with Crippen molar-refractivity contribution in [3.63, 3.8) is 0 Å². The van der Waals surface area contributed by atoms with Gasteiger partial charge in [0.15, 0.2) is 0 Å². The van der Waals surface area contributed by atoms with Crippen LogP contribution in [0.1, 0.15) is 17.7 Å². The Morgan fingerprint density at radius 3 is 2.87 bits per heavy atom. The van der Waals surface area contributed by atoms with E-state index in [2.05, 4.69) is 39.3 Å². The number of nitrogens with zero attached hydrogens (tertiary/aromatic N) is 1. The third-order valence-corrected chi connectivity index (χ3v) is 4.97. The molecule has 4 heteroatoms. The molecule has 1 heterocycles. The molecule has 1 aliphatic carbocycles. The lowest BCUT2D eigenvalue weighted by Gasteiger charge is -2.26. The summed E-state index contributed by atoms with van der Waals surface area (Å²) in [5.74, 6) is 0.846. The maximum Gasteiger partial charge on any atom is 0.0339 e. The van der Waals surface area contributed by atoms with Crippen LogP contribution in [0.5, 0.6) is 0 Å². The van der Waals surface area contributed by atoms with Crippen LogP contribution < -0.4 is 5.73 Å². The summed E-state index contributed by atoms with van der Waals surface area (Å²) < 4.78 is 1.23. The summed E-state index contributed by atoms with van der Waals surface area (Å²) >= 11 is 5.38. The van der Waals surface area contributed by atoms with E-state index < -0.39 is 0 Å². The Labute approximate surface area is 104 Å². The van der Waals surface area contributed by atoms with E-state index in [0.29, 0.717) is 6.04 Å². The third kappa shape index (κ3) is 2.81. The molecule has 0 saturated heterocycles. The van der Waals surface area contributed by atoms with Gasteiger partial charge in [-0.05, 0) is 53.2 Å². The normalized spacial score (nSPS) is 18.4. The van der Waals surface area contributed by atoms with Crippen LogP contribution in [-0.2, 0) is 6.54 Å². The first-order valence-corrected chi connectivity index (χ1v) is 7.01. The van der Waals surface area contributed by atoms with E-state index in [9.17, 15) is 0 Å². The van der Waals surface area contributed by atoms with E-state index in [4.69, 9.17) is 5.73 Å². The van der Waals surface area contributed by atoms with Gasteiger partial charge in [-0.15, -0.1) is 11.3 Å². The highest BCUT2D eigenvalue weighted by Crippen LogP contribution is 2.35. The molecule has 0 amide bonds. The molecule has 2 N–H and O–H groups in total. The number of thiophene rings is 1. The zero-order valence-electron chi connectivity index (χ0n) is 8.95. The summed E-state index contributed by atoms with van der Waals surface area (Å²) in [7, 11) is 2.18. The Hall–Kier alpha value is 0.1000. The quantitative estimate of drug-likeness (QED) is 0.903. The summed E-state index contributed by atoms with van der Waals surface area (Å²) in [5, 5.41) is 2.13. The van der Waals surface area contributed by atoms with Gasteiger partial charge < -0.3 is 5.73 Å².